The van der Waals surface area contributed by atoms with Crippen molar-refractivity contribution in [2.45, 2.75) is 52.1 Å². The normalized spacial score (nSPS) is 22.5. The van der Waals surface area contributed by atoms with Crippen molar-refractivity contribution in [1.82, 2.24) is 5.32 Å². The van der Waals surface area contributed by atoms with E-state index in [-0.39, 0.29) is 11.4 Å². The van der Waals surface area contributed by atoms with Crippen molar-refractivity contribution in [3.8, 4) is 0 Å². The van der Waals surface area contributed by atoms with Crippen molar-refractivity contribution in [3.63, 3.8) is 0 Å². The minimum Gasteiger partial charge on any atom is -0.366 e. The van der Waals surface area contributed by atoms with E-state index in [4.69, 9.17) is 5.73 Å². The van der Waals surface area contributed by atoms with E-state index in [0.29, 0.717) is 30.0 Å². The topological polar surface area (TPSA) is 55.1 Å². The van der Waals surface area contributed by atoms with Crippen LogP contribution in [0.15, 0.2) is 18.2 Å². The molecule has 116 valence electrons. The lowest BCUT2D eigenvalue weighted by Gasteiger charge is -2.35. The second-order valence-corrected chi connectivity index (χ2v) is 6.35. The standard InChI is InChI=1S/C17H25FN2O/c1-11(2)14-5-3-4-6-16(14)20-10-13-8-7-12(17(19)21)9-15(13)18/h7-9,11,14,16,20H,3-6,10H2,1-2H3,(H2,19,21). The molecule has 0 aliphatic heterocycles. The maximum atomic E-state index is 14.0. The molecule has 1 saturated carbocycles. The van der Waals surface area contributed by atoms with Crippen molar-refractivity contribution in [2.75, 3.05) is 0 Å². The van der Waals surface area contributed by atoms with Gasteiger partial charge >= 0.3 is 0 Å². The van der Waals surface area contributed by atoms with Gasteiger partial charge in [0.05, 0.1) is 0 Å². The summed E-state index contributed by atoms with van der Waals surface area (Å²) in [4.78, 5) is 11.0. The van der Waals surface area contributed by atoms with Crippen LogP contribution in [0.4, 0.5) is 4.39 Å². The smallest absolute Gasteiger partial charge is 0.248 e. The number of amides is 1. The molecule has 21 heavy (non-hydrogen) atoms. The Kier molecular flexibility index (Phi) is 5.34. The van der Waals surface area contributed by atoms with Gasteiger partial charge in [0.15, 0.2) is 0 Å². The van der Waals surface area contributed by atoms with E-state index in [0.717, 1.165) is 6.42 Å². The first-order valence-corrected chi connectivity index (χ1v) is 7.80. The van der Waals surface area contributed by atoms with Crippen LogP contribution in [0.3, 0.4) is 0 Å². The van der Waals surface area contributed by atoms with Crippen molar-refractivity contribution in [1.29, 1.82) is 0 Å². The summed E-state index contributed by atoms with van der Waals surface area (Å²) in [5.74, 6) is 0.341. The number of benzene rings is 1. The van der Waals surface area contributed by atoms with E-state index in [2.05, 4.69) is 19.2 Å². The predicted molar refractivity (Wildman–Crippen MR) is 82.3 cm³/mol. The Morgan fingerprint density at radius 3 is 2.71 bits per heavy atom. The molecule has 1 amide bonds. The number of carbonyl (C=O) groups excluding carboxylic acids is 1. The molecule has 0 heterocycles. The Morgan fingerprint density at radius 1 is 1.38 bits per heavy atom. The van der Waals surface area contributed by atoms with Crippen LogP contribution in [0.5, 0.6) is 0 Å². The van der Waals surface area contributed by atoms with Gasteiger partial charge in [-0.15, -0.1) is 0 Å². The highest BCUT2D eigenvalue weighted by atomic mass is 19.1. The van der Waals surface area contributed by atoms with Gasteiger partial charge in [0, 0.05) is 23.7 Å². The second-order valence-electron chi connectivity index (χ2n) is 6.35. The van der Waals surface area contributed by atoms with Crippen LogP contribution in [0, 0.1) is 17.7 Å². The monoisotopic (exact) mass is 292 g/mol. The van der Waals surface area contributed by atoms with Crippen LogP contribution >= 0.6 is 0 Å². The fraction of sp³-hybridized carbons (Fsp3) is 0.588. The molecule has 0 aromatic heterocycles. The molecule has 1 aliphatic carbocycles. The molecule has 1 fully saturated rings. The Morgan fingerprint density at radius 2 is 2.10 bits per heavy atom. The number of rotatable bonds is 5. The van der Waals surface area contributed by atoms with Crippen molar-refractivity contribution >= 4 is 5.91 Å². The van der Waals surface area contributed by atoms with Crippen LogP contribution in [0.2, 0.25) is 0 Å². The first-order chi connectivity index (χ1) is 9.99. The van der Waals surface area contributed by atoms with Gasteiger partial charge in [-0.25, -0.2) is 4.39 Å². The molecule has 1 aromatic rings. The number of hydrogen-bond donors (Lipinski definition) is 2. The van der Waals surface area contributed by atoms with Crippen molar-refractivity contribution < 1.29 is 9.18 Å². The van der Waals surface area contributed by atoms with Gasteiger partial charge < -0.3 is 11.1 Å². The predicted octanol–water partition coefficient (Wildman–Crippen LogP) is 3.23. The summed E-state index contributed by atoms with van der Waals surface area (Å²) in [6.07, 6.45) is 4.94. The first-order valence-electron chi connectivity index (χ1n) is 7.80. The molecule has 2 atom stereocenters. The third kappa shape index (κ3) is 4.03. The van der Waals surface area contributed by atoms with Crippen molar-refractivity contribution in [2.24, 2.45) is 17.6 Å². The Labute approximate surface area is 126 Å². The average molecular weight is 292 g/mol. The third-order valence-corrected chi connectivity index (χ3v) is 4.57. The van der Waals surface area contributed by atoms with Crippen molar-refractivity contribution in [3.05, 3.63) is 35.1 Å². The van der Waals surface area contributed by atoms with Crippen LogP contribution in [-0.2, 0) is 6.54 Å². The van der Waals surface area contributed by atoms with Gasteiger partial charge in [0.1, 0.15) is 5.82 Å². The minimum absolute atomic E-state index is 0.217. The maximum absolute atomic E-state index is 14.0. The number of carbonyl (C=O) groups is 1. The van der Waals surface area contributed by atoms with Crippen LogP contribution in [0.25, 0.3) is 0 Å². The van der Waals surface area contributed by atoms with Gasteiger partial charge in [-0.1, -0.05) is 32.8 Å². The third-order valence-electron chi connectivity index (χ3n) is 4.57. The summed E-state index contributed by atoms with van der Waals surface area (Å²) in [6, 6.07) is 4.91. The number of nitrogens with one attached hydrogen (secondary N) is 1. The molecule has 0 spiro atoms. The van der Waals surface area contributed by atoms with Gasteiger partial charge in [-0.2, -0.15) is 0 Å². The van der Waals surface area contributed by atoms with Crippen LogP contribution < -0.4 is 11.1 Å². The summed E-state index contributed by atoms with van der Waals surface area (Å²) >= 11 is 0. The summed E-state index contributed by atoms with van der Waals surface area (Å²) in [7, 11) is 0. The van der Waals surface area contributed by atoms with Gasteiger partial charge in [-0.05, 0) is 36.8 Å². The largest absolute Gasteiger partial charge is 0.366 e. The molecule has 0 bridgehead atoms. The molecule has 1 aromatic carbocycles. The number of primary amides is 1. The van der Waals surface area contributed by atoms with Gasteiger partial charge in [-0.3, -0.25) is 4.79 Å². The summed E-state index contributed by atoms with van der Waals surface area (Å²) in [5.41, 5.74) is 5.96. The Balaban J connectivity index is 2.00. The highest BCUT2D eigenvalue weighted by Gasteiger charge is 2.27. The van der Waals surface area contributed by atoms with E-state index in [1.165, 1.54) is 25.3 Å². The lowest BCUT2D eigenvalue weighted by molar-refractivity contribution is 0.1000. The summed E-state index contributed by atoms with van der Waals surface area (Å²) < 4.78 is 14.0. The quantitative estimate of drug-likeness (QED) is 0.875. The van der Waals surface area contributed by atoms with Gasteiger partial charge in [0.25, 0.3) is 0 Å². The molecule has 2 rings (SSSR count). The molecule has 0 radical (unpaired) electrons. The second kappa shape index (κ2) is 7.03. The molecular weight excluding hydrogens is 267 g/mol. The SMILES string of the molecule is CC(C)C1CCCCC1NCc1ccc(C(N)=O)cc1F. The van der Waals surface area contributed by atoms with E-state index < -0.39 is 5.91 Å². The zero-order valence-electron chi connectivity index (χ0n) is 12.9. The highest BCUT2D eigenvalue weighted by Crippen LogP contribution is 2.30. The Hall–Kier alpha value is -1.42. The fourth-order valence-electron chi connectivity index (χ4n) is 3.30. The molecule has 2 unspecified atom stereocenters. The lowest BCUT2D eigenvalue weighted by atomic mass is 9.78. The average Bonchev–Trinajstić information content (AvgIpc) is 2.46. The first kappa shape index (κ1) is 16.0. The van der Waals surface area contributed by atoms with Gasteiger partial charge in [0.2, 0.25) is 5.91 Å². The van der Waals surface area contributed by atoms with E-state index >= 15 is 0 Å². The molecule has 3 N–H and O–H groups in total. The number of halogens is 1. The van der Waals surface area contributed by atoms with E-state index in [1.54, 1.807) is 12.1 Å². The molecule has 0 saturated heterocycles. The van der Waals surface area contributed by atoms with E-state index in [9.17, 15) is 9.18 Å². The highest BCUT2D eigenvalue weighted by molar-refractivity contribution is 5.92. The number of hydrogen-bond acceptors (Lipinski definition) is 2. The lowest BCUT2D eigenvalue weighted by Crippen LogP contribution is -2.40. The van der Waals surface area contributed by atoms with Crippen LogP contribution in [-0.4, -0.2) is 11.9 Å². The maximum Gasteiger partial charge on any atom is 0.248 e. The number of nitrogens with two attached hydrogens (primary N) is 1. The van der Waals surface area contributed by atoms with E-state index in [1.807, 2.05) is 0 Å². The molecular formula is C17H25FN2O. The Bertz CT molecular complexity index is 502. The zero-order valence-corrected chi connectivity index (χ0v) is 12.9. The minimum atomic E-state index is -0.597. The zero-order chi connectivity index (χ0) is 15.4. The molecule has 3 nitrogen and oxygen atoms in total. The fourth-order valence-corrected chi connectivity index (χ4v) is 3.30. The molecule has 4 heteroatoms. The molecule has 1 aliphatic rings. The summed E-state index contributed by atoms with van der Waals surface area (Å²) in [6.45, 7) is 5.01. The summed E-state index contributed by atoms with van der Waals surface area (Å²) in [5, 5.41) is 3.50. The van der Waals surface area contributed by atoms with Crippen LogP contribution in [0.1, 0.15) is 55.5 Å².